The predicted octanol–water partition coefficient (Wildman–Crippen LogP) is 2.45. The fourth-order valence-corrected chi connectivity index (χ4v) is 2.72. The molecular weight excluding hydrogens is 236 g/mol. The maximum Gasteiger partial charge on any atom is 0.0620 e. The van der Waals surface area contributed by atoms with Gasteiger partial charge in [-0.1, -0.05) is 37.3 Å². The van der Waals surface area contributed by atoms with Crippen molar-refractivity contribution in [1.82, 2.24) is 10.2 Å². The number of rotatable bonds is 6. The number of morpholine rings is 1. The molecule has 1 heterocycles. The van der Waals surface area contributed by atoms with Gasteiger partial charge < -0.3 is 10.1 Å². The molecule has 2 unspecified atom stereocenters. The lowest BCUT2D eigenvalue weighted by Crippen LogP contribution is -2.48. The predicted molar refractivity (Wildman–Crippen MR) is 79.3 cm³/mol. The van der Waals surface area contributed by atoms with Crippen LogP contribution in [0.3, 0.4) is 0 Å². The second kappa shape index (κ2) is 7.63. The monoisotopic (exact) mass is 262 g/mol. The van der Waals surface area contributed by atoms with Crippen molar-refractivity contribution in [3.05, 3.63) is 35.9 Å². The van der Waals surface area contributed by atoms with E-state index < -0.39 is 0 Å². The van der Waals surface area contributed by atoms with Crippen molar-refractivity contribution in [3.63, 3.8) is 0 Å². The molecule has 0 amide bonds. The molecule has 1 aliphatic rings. The molecule has 0 spiro atoms. The molecule has 1 saturated heterocycles. The van der Waals surface area contributed by atoms with Crippen LogP contribution in [0.4, 0.5) is 0 Å². The zero-order valence-electron chi connectivity index (χ0n) is 12.1. The quantitative estimate of drug-likeness (QED) is 0.797. The standard InChI is InChI=1S/C16H26N2O/c1-3-9-17-12-16(15-7-5-4-6-8-15)18-10-11-19-13-14(18)2/h4-8,14,16-17H,3,9-13H2,1-2H3. The number of hydrogen-bond acceptors (Lipinski definition) is 3. The molecule has 0 radical (unpaired) electrons. The Kier molecular flexibility index (Phi) is 5.83. The van der Waals surface area contributed by atoms with E-state index in [9.17, 15) is 0 Å². The van der Waals surface area contributed by atoms with Crippen LogP contribution in [0.25, 0.3) is 0 Å². The molecule has 0 aromatic heterocycles. The van der Waals surface area contributed by atoms with Crippen LogP contribution in [0.2, 0.25) is 0 Å². The Balaban J connectivity index is 2.09. The molecule has 0 saturated carbocycles. The number of nitrogens with zero attached hydrogens (tertiary/aromatic N) is 1. The maximum atomic E-state index is 5.56. The summed E-state index contributed by atoms with van der Waals surface area (Å²) in [7, 11) is 0. The molecular formula is C16H26N2O. The SMILES string of the molecule is CCCNCC(c1ccccc1)N1CCOCC1C. The first-order chi connectivity index (χ1) is 9.33. The van der Waals surface area contributed by atoms with Gasteiger partial charge in [-0.25, -0.2) is 0 Å². The third-order valence-electron chi connectivity index (χ3n) is 3.77. The van der Waals surface area contributed by atoms with Crippen LogP contribution in [-0.4, -0.2) is 43.8 Å². The van der Waals surface area contributed by atoms with Gasteiger partial charge in [0.2, 0.25) is 0 Å². The molecule has 1 aromatic carbocycles. The van der Waals surface area contributed by atoms with Crippen molar-refractivity contribution in [3.8, 4) is 0 Å². The van der Waals surface area contributed by atoms with E-state index in [2.05, 4.69) is 54.4 Å². The summed E-state index contributed by atoms with van der Waals surface area (Å²) in [6.07, 6.45) is 1.18. The smallest absolute Gasteiger partial charge is 0.0620 e. The lowest BCUT2D eigenvalue weighted by molar-refractivity contribution is -0.0224. The van der Waals surface area contributed by atoms with Gasteiger partial charge in [0.05, 0.1) is 13.2 Å². The fraction of sp³-hybridized carbons (Fsp3) is 0.625. The summed E-state index contributed by atoms with van der Waals surface area (Å²) in [6, 6.07) is 11.8. The van der Waals surface area contributed by atoms with Crippen LogP contribution in [0, 0.1) is 0 Å². The zero-order valence-corrected chi connectivity index (χ0v) is 12.1. The van der Waals surface area contributed by atoms with Crippen molar-refractivity contribution in [2.75, 3.05) is 32.8 Å². The van der Waals surface area contributed by atoms with Crippen molar-refractivity contribution in [2.24, 2.45) is 0 Å². The number of ether oxygens (including phenoxy) is 1. The molecule has 0 aliphatic carbocycles. The lowest BCUT2D eigenvalue weighted by atomic mass is 10.0. The number of benzene rings is 1. The summed E-state index contributed by atoms with van der Waals surface area (Å²) in [4.78, 5) is 2.57. The average Bonchev–Trinajstić information content (AvgIpc) is 2.46. The highest BCUT2D eigenvalue weighted by Gasteiger charge is 2.27. The van der Waals surface area contributed by atoms with Crippen LogP contribution in [-0.2, 0) is 4.74 Å². The first kappa shape index (κ1) is 14.5. The second-order valence-corrected chi connectivity index (χ2v) is 5.29. The third-order valence-corrected chi connectivity index (χ3v) is 3.77. The normalized spacial score (nSPS) is 22.3. The minimum Gasteiger partial charge on any atom is -0.379 e. The van der Waals surface area contributed by atoms with Gasteiger partial charge in [-0.15, -0.1) is 0 Å². The van der Waals surface area contributed by atoms with E-state index in [0.717, 1.165) is 32.8 Å². The van der Waals surface area contributed by atoms with E-state index in [1.165, 1.54) is 12.0 Å². The number of nitrogens with one attached hydrogen (secondary N) is 1. The second-order valence-electron chi connectivity index (χ2n) is 5.29. The average molecular weight is 262 g/mol. The highest BCUT2D eigenvalue weighted by molar-refractivity contribution is 5.20. The first-order valence-corrected chi connectivity index (χ1v) is 7.42. The van der Waals surface area contributed by atoms with Crippen LogP contribution in [0.1, 0.15) is 31.9 Å². The Hall–Kier alpha value is -0.900. The molecule has 2 atom stereocenters. The van der Waals surface area contributed by atoms with E-state index in [4.69, 9.17) is 4.74 Å². The van der Waals surface area contributed by atoms with Crippen molar-refractivity contribution < 1.29 is 4.74 Å². The summed E-state index contributed by atoms with van der Waals surface area (Å²) in [5.74, 6) is 0. The highest BCUT2D eigenvalue weighted by Crippen LogP contribution is 2.24. The number of hydrogen-bond donors (Lipinski definition) is 1. The van der Waals surface area contributed by atoms with E-state index in [0.29, 0.717) is 12.1 Å². The molecule has 2 rings (SSSR count). The molecule has 1 N–H and O–H groups in total. The van der Waals surface area contributed by atoms with E-state index in [1.807, 2.05) is 0 Å². The summed E-state index contributed by atoms with van der Waals surface area (Å²) < 4.78 is 5.56. The Bertz CT molecular complexity index is 355. The fourth-order valence-electron chi connectivity index (χ4n) is 2.72. The molecule has 1 aromatic rings. The molecule has 3 heteroatoms. The van der Waals surface area contributed by atoms with Crippen LogP contribution in [0.15, 0.2) is 30.3 Å². The molecule has 1 fully saturated rings. The van der Waals surface area contributed by atoms with Crippen LogP contribution < -0.4 is 5.32 Å². The van der Waals surface area contributed by atoms with Gasteiger partial charge in [-0.3, -0.25) is 4.90 Å². The summed E-state index contributed by atoms with van der Waals surface area (Å²) in [5.41, 5.74) is 1.40. The Morgan fingerprint density at radius 2 is 2.16 bits per heavy atom. The lowest BCUT2D eigenvalue weighted by Gasteiger charge is -2.39. The van der Waals surface area contributed by atoms with Gasteiger partial charge in [0.15, 0.2) is 0 Å². The van der Waals surface area contributed by atoms with E-state index in [1.54, 1.807) is 0 Å². The topological polar surface area (TPSA) is 24.5 Å². The van der Waals surface area contributed by atoms with Gasteiger partial charge in [-0.05, 0) is 25.5 Å². The Labute approximate surface area is 116 Å². The minimum absolute atomic E-state index is 0.451. The van der Waals surface area contributed by atoms with Gasteiger partial charge in [0, 0.05) is 25.2 Å². The maximum absolute atomic E-state index is 5.56. The summed E-state index contributed by atoms with van der Waals surface area (Å²) in [5, 5.41) is 3.57. The summed E-state index contributed by atoms with van der Waals surface area (Å²) in [6.45, 7) is 9.29. The Morgan fingerprint density at radius 3 is 2.84 bits per heavy atom. The Morgan fingerprint density at radius 1 is 1.37 bits per heavy atom. The van der Waals surface area contributed by atoms with Crippen molar-refractivity contribution >= 4 is 0 Å². The third kappa shape index (κ3) is 4.03. The van der Waals surface area contributed by atoms with Gasteiger partial charge in [0.1, 0.15) is 0 Å². The van der Waals surface area contributed by atoms with Crippen molar-refractivity contribution in [2.45, 2.75) is 32.4 Å². The zero-order chi connectivity index (χ0) is 13.5. The minimum atomic E-state index is 0.451. The van der Waals surface area contributed by atoms with Gasteiger partial charge in [0.25, 0.3) is 0 Å². The van der Waals surface area contributed by atoms with Crippen LogP contribution in [0.5, 0.6) is 0 Å². The van der Waals surface area contributed by atoms with Crippen molar-refractivity contribution in [1.29, 1.82) is 0 Å². The molecule has 1 aliphatic heterocycles. The van der Waals surface area contributed by atoms with E-state index in [-0.39, 0.29) is 0 Å². The molecule has 19 heavy (non-hydrogen) atoms. The highest BCUT2D eigenvalue weighted by atomic mass is 16.5. The van der Waals surface area contributed by atoms with E-state index >= 15 is 0 Å². The van der Waals surface area contributed by atoms with Gasteiger partial charge in [-0.2, -0.15) is 0 Å². The van der Waals surface area contributed by atoms with Gasteiger partial charge >= 0.3 is 0 Å². The molecule has 106 valence electrons. The molecule has 0 bridgehead atoms. The largest absolute Gasteiger partial charge is 0.379 e. The summed E-state index contributed by atoms with van der Waals surface area (Å²) >= 11 is 0. The first-order valence-electron chi connectivity index (χ1n) is 7.42. The van der Waals surface area contributed by atoms with Crippen LogP contribution >= 0.6 is 0 Å². The molecule has 3 nitrogen and oxygen atoms in total.